The number of amides is 3. The maximum atomic E-state index is 13.4. The first-order valence-electron chi connectivity index (χ1n) is 23.5. The zero-order valence-corrected chi connectivity index (χ0v) is 40.1. The van der Waals surface area contributed by atoms with E-state index < -0.39 is 11.9 Å². The number of carboxylic acids is 1. The standard InChI is InChI=1S/C54H65N5O9/c1-7-55-45-32-48-43(29-37(45)5)52(44-30-38(6)46(56-8-2)33-49(44)68-48)41-18-17-39(31-42(41)54(63)64)53(62)58-22-24-66-26-28-67-27-25-65-23-21-57-50(60)19-20-51(61)59(47-16-12-10-14-36(47)4)34-40-15-11-9-13-35(40)3/h9-18,29-33,43,52,56H,7-8,19-28,34H2,1-6H3,(H,57,60)(H,58,62)(H,63,64). The molecule has 0 saturated heterocycles. The van der Waals surface area contributed by atoms with Gasteiger partial charge in [0.05, 0.1) is 57.5 Å². The molecule has 0 radical (unpaired) electrons. The Labute approximate surface area is 399 Å². The largest absolute Gasteiger partial charge is 0.478 e. The Morgan fingerprint density at radius 2 is 1.43 bits per heavy atom. The van der Waals surface area contributed by atoms with Gasteiger partial charge >= 0.3 is 5.97 Å². The van der Waals surface area contributed by atoms with Gasteiger partial charge in [0.25, 0.3) is 5.91 Å². The number of para-hydroxylation sites is 1. The van der Waals surface area contributed by atoms with E-state index in [4.69, 9.17) is 18.9 Å². The Kier molecular flexibility index (Phi) is 18.6. The Bertz CT molecular complexity index is 2530. The zero-order valence-electron chi connectivity index (χ0n) is 40.1. The van der Waals surface area contributed by atoms with Crippen molar-refractivity contribution in [2.75, 3.05) is 76.0 Å². The van der Waals surface area contributed by atoms with E-state index >= 15 is 0 Å². The number of ether oxygens (including phenoxy) is 4. The highest BCUT2D eigenvalue weighted by Crippen LogP contribution is 2.50. The molecule has 1 aliphatic carbocycles. The lowest BCUT2D eigenvalue weighted by Crippen LogP contribution is -2.33. The van der Waals surface area contributed by atoms with Crippen LogP contribution in [0.4, 0.5) is 11.4 Å². The molecule has 4 aromatic rings. The number of benzene rings is 4. The van der Waals surface area contributed by atoms with Gasteiger partial charge in [0.2, 0.25) is 11.8 Å². The minimum atomic E-state index is -1.13. The lowest BCUT2D eigenvalue weighted by Gasteiger charge is -2.37. The fourth-order valence-corrected chi connectivity index (χ4v) is 8.46. The first kappa shape index (κ1) is 50.8. The average Bonchev–Trinajstić information content (AvgIpc) is 3.32. The first-order valence-corrected chi connectivity index (χ1v) is 23.5. The predicted octanol–water partition coefficient (Wildman–Crippen LogP) is 8.10. The molecule has 14 heteroatoms. The number of hydrogen-bond acceptors (Lipinski definition) is 10. The summed E-state index contributed by atoms with van der Waals surface area (Å²) in [6.45, 7) is 16.1. The summed E-state index contributed by atoms with van der Waals surface area (Å²) < 4.78 is 23.3. The van der Waals surface area contributed by atoms with E-state index in [-0.39, 0.29) is 60.8 Å². The van der Waals surface area contributed by atoms with Crippen molar-refractivity contribution in [3.8, 4) is 5.75 Å². The summed E-state index contributed by atoms with van der Waals surface area (Å²) in [7, 11) is 0. The van der Waals surface area contributed by atoms with Gasteiger partial charge in [-0.05, 0) is 99.2 Å². The van der Waals surface area contributed by atoms with Crippen LogP contribution in [0, 0.1) is 26.7 Å². The number of carbonyl (C=O) groups is 4. The summed E-state index contributed by atoms with van der Waals surface area (Å²) in [6.07, 6.45) is 4.20. The number of anilines is 2. The zero-order chi connectivity index (χ0) is 48.6. The van der Waals surface area contributed by atoms with Crippen LogP contribution >= 0.6 is 0 Å². The summed E-state index contributed by atoms with van der Waals surface area (Å²) in [5.41, 5.74) is 9.49. The number of hydrogen-bond donors (Lipinski definition) is 4. The second-order valence-electron chi connectivity index (χ2n) is 16.8. The minimum Gasteiger partial charge on any atom is -0.478 e. The minimum absolute atomic E-state index is 0.0453. The molecule has 2 unspecified atom stereocenters. The average molecular weight is 928 g/mol. The lowest BCUT2D eigenvalue weighted by molar-refractivity contribution is -0.125. The van der Waals surface area contributed by atoms with Gasteiger partial charge in [0.1, 0.15) is 11.5 Å². The second-order valence-corrected chi connectivity index (χ2v) is 16.8. The van der Waals surface area contributed by atoms with E-state index in [0.29, 0.717) is 69.7 Å². The summed E-state index contributed by atoms with van der Waals surface area (Å²) in [6, 6.07) is 24.6. The van der Waals surface area contributed by atoms with Crippen molar-refractivity contribution < 1.29 is 43.2 Å². The number of rotatable bonds is 24. The Morgan fingerprint density at radius 1 is 0.750 bits per heavy atom. The monoisotopic (exact) mass is 927 g/mol. The van der Waals surface area contributed by atoms with Crippen LogP contribution in [0.5, 0.6) is 5.75 Å². The maximum Gasteiger partial charge on any atom is 0.336 e. The van der Waals surface area contributed by atoms with E-state index in [1.807, 2.05) is 102 Å². The number of carboxylic acid groups (broad SMARTS) is 1. The van der Waals surface area contributed by atoms with E-state index in [0.717, 1.165) is 57.0 Å². The Balaban J connectivity index is 0.892. The Morgan fingerprint density at radius 3 is 2.10 bits per heavy atom. The number of aryl methyl sites for hydroxylation is 3. The third-order valence-corrected chi connectivity index (χ3v) is 12.0. The van der Waals surface area contributed by atoms with Crippen LogP contribution in [-0.2, 0) is 30.3 Å². The number of aromatic carboxylic acids is 1. The van der Waals surface area contributed by atoms with Crippen LogP contribution in [0.2, 0.25) is 0 Å². The van der Waals surface area contributed by atoms with Crippen molar-refractivity contribution in [3.05, 3.63) is 147 Å². The molecule has 0 aromatic heterocycles. The van der Waals surface area contributed by atoms with Gasteiger partial charge in [-0.15, -0.1) is 0 Å². The van der Waals surface area contributed by atoms with Crippen molar-refractivity contribution >= 4 is 40.8 Å². The van der Waals surface area contributed by atoms with E-state index in [2.05, 4.69) is 33.1 Å². The van der Waals surface area contributed by atoms with Crippen molar-refractivity contribution in [2.45, 2.75) is 66.8 Å². The van der Waals surface area contributed by atoms with E-state index in [9.17, 15) is 24.3 Å². The molecule has 14 nitrogen and oxygen atoms in total. The first-order chi connectivity index (χ1) is 32.9. The van der Waals surface area contributed by atoms with Gasteiger partial charge in [-0.25, -0.2) is 4.79 Å². The number of nitrogens with zero attached hydrogens (tertiary/aromatic N) is 2. The molecular formula is C54H65N5O9. The fourth-order valence-electron chi connectivity index (χ4n) is 8.46. The number of allylic oxidation sites excluding steroid dienone is 3. The van der Waals surface area contributed by atoms with Crippen LogP contribution < -0.4 is 25.6 Å². The van der Waals surface area contributed by atoms with Gasteiger partial charge in [-0.3, -0.25) is 19.4 Å². The molecule has 68 heavy (non-hydrogen) atoms. The molecule has 0 bridgehead atoms. The molecule has 1 aliphatic heterocycles. The van der Waals surface area contributed by atoms with Crippen molar-refractivity contribution in [1.29, 1.82) is 0 Å². The van der Waals surface area contributed by atoms with Gasteiger partial charge in [-0.2, -0.15) is 0 Å². The Hall–Kier alpha value is -6.61. The van der Waals surface area contributed by atoms with E-state index in [1.54, 1.807) is 17.0 Å². The van der Waals surface area contributed by atoms with Gasteiger partial charge in [-0.1, -0.05) is 54.6 Å². The summed E-state index contributed by atoms with van der Waals surface area (Å²) in [4.78, 5) is 58.5. The quantitative estimate of drug-likeness (QED) is 0.0503. The molecule has 0 saturated carbocycles. The van der Waals surface area contributed by atoms with Gasteiger partial charge in [0.15, 0.2) is 0 Å². The molecule has 1 heterocycles. The van der Waals surface area contributed by atoms with Crippen molar-refractivity contribution in [3.63, 3.8) is 0 Å². The molecule has 0 fully saturated rings. The fraction of sp³-hybridized carbons (Fsp3) is 0.389. The normalized spacial score (nSPS) is 15.6. The van der Waals surface area contributed by atoms with Gasteiger partial charge in [0, 0.05) is 85.5 Å². The van der Waals surface area contributed by atoms with Crippen LogP contribution in [0.15, 0.2) is 107 Å². The van der Waals surface area contributed by atoms with Gasteiger partial charge < -0.3 is 44.9 Å². The molecule has 6 rings (SSSR count). The number of fused-ring (bicyclic) bond motifs is 2. The predicted molar refractivity (Wildman–Crippen MR) is 265 cm³/mol. The SMILES string of the molecule is CCN=C1C=C2Oc3cc(NCC)c(C)cc3C(c3ccc(C(=O)NCCOCCOCCOCCNC(=O)CCC(=O)N(Cc4ccccc4C)c4ccccc4C)cc3C(=O)O)C2C=C1C. The van der Waals surface area contributed by atoms with Crippen molar-refractivity contribution in [1.82, 2.24) is 10.6 Å². The molecular weight excluding hydrogens is 863 g/mol. The highest BCUT2D eigenvalue weighted by molar-refractivity contribution is 6.09. The van der Waals surface area contributed by atoms with Crippen LogP contribution in [0.25, 0.3) is 0 Å². The van der Waals surface area contributed by atoms with E-state index in [1.165, 1.54) is 6.07 Å². The topological polar surface area (TPSA) is 177 Å². The summed E-state index contributed by atoms with van der Waals surface area (Å²) >= 11 is 0. The van der Waals surface area contributed by atoms with Crippen LogP contribution in [0.3, 0.4) is 0 Å². The number of aliphatic imine (C=N–C) groups is 1. The number of carbonyl (C=O) groups excluding carboxylic acids is 3. The second kappa shape index (κ2) is 25.0. The molecule has 4 N–H and O–H groups in total. The van der Waals surface area contributed by atoms with Crippen LogP contribution in [-0.4, -0.2) is 100 Å². The summed E-state index contributed by atoms with van der Waals surface area (Å²) in [5, 5.41) is 19.6. The molecule has 3 amide bonds. The highest BCUT2D eigenvalue weighted by atomic mass is 16.5. The molecule has 360 valence electrons. The highest BCUT2D eigenvalue weighted by Gasteiger charge is 2.39. The summed E-state index contributed by atoms with van der Waals surface area (Å²) in [5.74, 6) is -1.20. The lowest BCUT2D eigenvalue weighted by atomic mass is 9.73. The molecule has 2 aliphatic rings. The third kappa shape index (κ3) is 13.3. The molecule has 2 atom stereocenters. The smallest absolute Gasteiger partial charge is 0.336 e. The molecule has 4 aromatic carbocycles. The number of nitrogens with one attached hydrogen (secondary N) is 3. The maximum absolute atomic E-state index is 13.4. The molecule has 0 spiro atoms. The van der Waals surface area contributed by atoms with Crippen LogP contribution in [0.1, 0.15) is 93.6 Å². The third-order valence-electron chi connectivity index (χ3n) is 12.0. The van der Waals surface area contributed by atoms with Crippen molar-refractivity contribution in [2.24, 2.45) is 10.9 Å².